The Bertz CT molecular complexity index is 297. The molecule has 0 saturated carbocycles. The minimum absolute atomic E-state index is 0.0687. The molecule has 0 unspecified atom stereocenters. The quantitative estimate of drug-likeness (QED) is 0.766. The van der Waals surface area contributed by atoms with Crippen molar-refractivity contribution in [3.63, 3.8) is 0 Å². The summed E-state index contributed by atoms with van der Waals surface area (Å²) in [5.41, 5.74) is -0.0687. The molecule has 1 heterocycles. The van der Waals surface area contributed by atoms with E-state index in [1.165, 1.54) is 0 Å². The molecule has 1 aromatic heterocycles. The van der Waals surface area contributed by atoms with Crippen LogP contribution in [0.3, 0.4) is 0 Å². The molecule has 0 aliphatic carbocycles. The van der Waals surface area contributed by atoms with E-state index in [1.807, 2.05) is 12.1 Å². The molecule has 0 aliphatic heterocycles. The van der Waals surface area contributed by atoms with Crippen LogP contribution in [0.5, 0.6) is 5.75 Å². The Kier molecular flexibility index (Phi) is 3.93. The summed E-state index contributed by atoms with van der Waals surface area (Å²) in [7, 11) is 0. The van der Waals surface area contributed by atoms with E-state index < -0.39 is 0 Å². The third-order valence-electron chi connectivity index (χ3n) is 2.56. The molecule has 3 heteroatoms. The van der Waals surface area contributed by atoms with Crippen molar-refractivity contribution in [1.29, 1.82) is 0 Å². The molecule has 2 nitrogen and oxygen atoms in total. The summed E-state index contributed by atoms with van der Waals surface area (Å²) < 4.78 is 6.72. The molecular weight excluding hydrogens is 242 g/mol. The molecule has 1 aromatic rings. The van der Waals surface area contributed by atoms with Crippen molar-refractivity contribution in [2.75, 3.05) is 0 Å². The maximum atomic E-state index is 5.91. The monoisotopic (exact) mass is 257 g/mol. The van der Waals surface area contributed by atoms with E-state index in [2.05, 4.69) is 41.7 Å². The van der Waals surface area contributed by atoms with Crippen LogP contribution < -0.4 is 4.74 Å². The SMILES string of the molecule is CCC(C)(CC)Oc1ccnc(Br)c1. The summed E-state index contributed by atoms with van der Waals surface area (Å²) >= 11 is 3.32. The molecule has 0 aliphatic rings. The molecule has 0 saturated heterocycles. The van der Waals surface area contributed by atoms with Crippen LogP contribution in [0.4, 0.5) is 0 Å². The standard InChI is InChI=1S/C11H16BrNO/c1-4-11(3,5-2)14-9-6-7-13-10(12)8-9/h6-8H,4-5H2,1-3H3. The van der Waals surface area contributed by atoms with Gasteiger partial charge in [-0.1, -0.05) is 13.8 Å². The van der Waals surface area contributed by atoms with Gasteiger partial charge < -0.3 is 4.74 Å². The van der Waals surface area contributed by atoms with Crippen molar-refractivity contribution in [3.05, 3.63) is 22.9 Å². The Labute approximate surface area is 93.8 Å². The maximum Gasteiger partial charge on any atom is 0.124 e. The Hall–Kier alpha value is -0.570. The fraction of sp³-hybridized carbons (Fsp3) is 0.545. The van der Waals surface area contributed by atoms with Crippen molar-refractivity contribution >= 4 is 15.9 Å². The summed E-state index contributed by atoms with van der Waals surface area (Å²) in [6.45, 7) is 6.40. The van der Waals surface area contributed by atoms with Gasteiger partial charge >= 0.3 is 0 Å². The second kappa shape index (κ2) is 4.78. The number of hydrogen-bond donors (Lipinski definition) is 0. The molecule has 0 fully saturated rings. The molecule has 0 spiro atoms. The Morgan fingerprint density at radius 2 is 2.07 bits per heavy atom. The molecule has 0 amide bonds. The molecular formula is C11H16BrNO. The van der Waals surface area contributed by atoms with Gasteiger partial charge in [0.1, 0.15) is 16.0 Å². The van der Waals surface area contributed by atoms with Crippen molar-refractivity contribution < 1.29 is 4.74 Å². The lowest BCUT2D eigenvalue weighted by molar-refractivity contribution is 0.0801. The number of halogens is 1. The van der Waals surface area contributed by atoms with Gasteiger partial charge in [0.2, 0.25) is 0 Å². The minimum Gasteiger partial charge on any atom is -0.487 e. The molecule has 0 atom stereocenters. The van der Waals surface area contributed by atoms with Crippen LogP contribution in [-0.4, -0.2) is 10.6 Å². The van der Waals surface area contributed by atoms with Crippen LogP contribution in [0, 0.1) is 0 Å². The third-order valence-corrected chi connectivity index (χ3v) is 2.99. The van der Waals surface area contributed by atoms with Gasteiger partial charge in [-0.3, -0.25) is 0 Å². The second-order valence-electron chi connectivity index (χ2n) is 3.57. The Balaban J connectivity index is 2.77. The highest BCUT2D eigenvalue weighted by molar-refractivity contribution is 9.10. The smallest absolute Gasteiger partial charge is 0.124 e. The number of rotatable bonds is 4. The average molecular weight is 258 g/mol. The highest BCUT2D eigenvalue weighted by Gasteiger charge is 2.21. The highest BCUT2D eigenvalue weighted by Crippen LogP contribution is 2.25. The predicted molar refractivity (Wildman–Crippen MR) is 61.6 cm³/mol. The fourth-order valence-corrected chi connectivity index (χ4v) is 1.47. The van der Waals surface area contributed by atoms with Gasteiger partial charge in [-0.05, 0) is 41.8 Å². The van der Waals surface area contributed by atoms with Crippen molar-refractivity contribution in [3.8, 4) is 5.75 Å². The Morgan fingerprint density at radius 3 is 2.57 bits per heavy atom. The minimum atomic E-state index is -0.0687. The number of hydrogen-bond acceptors (Lipinski definition) is 2. The van der Waals surface area contributed by atoms with E-state index in [0.717, 1.165) is 23.2 Å². The van der Waals surface area contributed by atoms with E-state index in [1.54, 1.807) is 6.20 Å². The zero-order valence-electron chi connectivity index (χ0n) is 8.88. The van der Waals surface area contributed by atoms with Crippen LogP contribution in [0.15, 0.2) is 22.9 Å². The number of nitrogens with zero attached hydrogens (tertiary/aromatic N) is 1. The van der Waals surface area contributed by atoms with Gasteiger partial charge in [-0.15, -0.1) is 0 Å². The lowest BCUT2D eigenvalue weighted by Crippen LogP contribution is -2.30. The van der Waals surface area contributed by atoms with Crippen molar-refractivity contribution in [1.82, 2.24) is 4.98 Å². The summed E-state index contributed by atoms with van der Waals surface area (Å²) in [5, 5.41) is 0. The summed E-state index contributed by atoms with van der Waals surface area (Å²) in [6.07, 6.45) is 3.75. The number of pyridine rings is 1. The van der Waals surface area contributed by atoms with Gasteiger partial charge in [0.25, 0.3) is 0 Å². The lowest BCUT2D eigenvalue weighted by Gasteiger charge is -2.28. The maximum absolute atomic E-state index is 5.91. The Morgan fingerprint density at radius 1 is 1.43 bits per heavy atom. The highest BCUT2D eigenvalue weighted by atomic mass is 79.9. The second-order valence-corrected chi connectivity index (χ2v) is 4.39. The first-order valence-electron chi connectivity index (χ1n) is 4.90. The first-order chi connectivity index (χ1) is 6.59. The summed E-state index contributed by atoms with van der Waals surface area (Å²) in [6, 6.07) is 3.78. The largest absolute Gasteiger partial charge is 0.487 e. The van der Waals surface area contributed by atoms with Crippen molar-refractivity contribution in [2.24, 2.45) is 0 Å². The van der Waals surface area contributed by atoms with Crippen LogP contribution in [0.1, 0.15) is 33.6 Å². The summed E-state index contributed by atoms with van der Waals surface area (Å²) in [4.78, 5) is 4.06. The molecule has 0 aromatic carbocycles. The molecule has 1 rings (SSSR count). The average Bonchev–Trinajstić information content (AvgIpc) is 2.18. The topological polar surface area (TPSA) is 22.1 Å². The predicted octanol–water partition coefficient (Wildman–Crippen LogP) is 3.80. The first kappa shape index (κ1) is 11.5. The van der Waals surface area contributed by atoms with Crippen LogP contribution >= 0.6 is 15.9 Å². The third kappa shape index (κ3) is 2.98. The van der Waals surface area contributed by atoms with E-state index in [4.69, 9.17) is 4.74 Å². The van der Waals surface area contributed by atoms with Gasteiger partial charge in [0.15, 0.2) is 0 Å². The molecule has 0 bridgehead atoms. The number of aromatic nitrogens is 1. The number of ether oxygens (including phenoxy) is 1. The molecule has 78 valence electrons. The van der Waals surface area contributed by atoms with Gasteiger partial charge in [-0.25, -0.2) is 4.98 Å². The van der Waals surface area contributed by atoms with E-state index in [-0.39, 0.29) is 5.60 Å². The van der Waals surface area contributed by atoms with Crippen LogP contribution in [-0.2, 0) is 0 Å². The van der Waals surface area contributed by atoms with E-state index >= 15 is 0 Å². The zero-order valence-corrected chi connectivity index (χ0v) is 10.5. The van der Waals surface area contributed by atoms with Crippen LogP contribution in [0.2, 0.25) is 0 Å². The van der Waals surface area contributed by atoms with Crippen molar-refractivity contribution in [2.45, 2.75) is 39.2 Å². The van der Waals surface area contributed by atoms with E-state index in [9.17, 15) is 0 Å². The normalized spacial score (nSPS) is 11.4. The van der Waals surface area contributed by atoms with Crippen LogP contribution in [0.25, 0.3) is 0 Å². The molecule has 0 N–H and O–H groups in total. The molecule has 14 heavy (non-hydrogen) atoms. The first-order valence-corrected chi connectivity index (χ1v) is 5.69. The van der Waals surface area contributed by atoms with E-state index in [0.29, 0.717) is 0 Å². The van der Waals surface area contributed by atoms with Gasteiger partial charge in [0, 0.05) is 12.3 Å². The summed E-state index contributed by atoms with van der Waals surface area (Å²) in [5.74, 6) is 0.873. The van der Waals surface area contributed by atoms with Gasteiger partial charge in [-0.2, -0.15) is 0 Å². The molecule has 0 radical (unpaired) electrons. The zero-order chi connectivity index (χ0) is 10.6. The lowest BCUT2D eigenvalue weighted by atomic mass is 10.0. The fourth-order valence-electron chi connectivity index (χ4n) is 1.13. The van der Waals surface area contributed by atoms with Gasteiger partial charge in [0.05, 0.1) is 0 Å².